The molecule has 3 heterocycles. The smallest absolute Gasteiger partial charge is 0.262 e. The van der Waals surface area contributed by atoms with E-state index in [9.17, 15) is 14.4 Å². The van der Waals surface area contributed by atoms with E-state index in [2.05, 4.69) is 10.3 Å². The summed E-state index contributed by atoms with van der Waals surface area (Å²) in [6.45, 7) is 0.533. The minimum Gasteiger partial charge on any atom is -0.325 e. The zero-order valence-electron chi connectivity index (χ0n) is 18.4. The Labute approximate surface area is 204 Å². The lowest BCUT2D eigenvalue weighted by Gasteiger charge is -2.11. The topological polar surface area (TPSA) is 86.0 Å². The van der Waals surface area contributed by atoms with Crippen molar-refractivity contribution in [2.45, 2.75) is 45.2 Å². The van der Waals surface area contributed by atoms with E-state index >= 15 is 0 Å². The van der Waals surface area contributed by atoms with Gasteiger partial charge in [-0.15, -0.1) is 11.3 Å². The first-order valence-corrected chi connectivity index (χ1v) is 12.4. The predicted octanol–water partition coefficient (Wildman–Crippen LogP) is 4.23. The number of nitrogens with zero attached hydrogens (tertiary/aromatic N) is 3. The minimum atomic E-state index is -0.248. The van der Waals surface area contributed by atoms with Gasteiger partial charge in [-0.1, -0.05) is 29.8 Å². The monoisotopic (exact) mass is 494 g/mol. The first-order chi connectivity index (χ1) is 16.5. The molecule has 0 bridgehead atoms. The van der Waals surface area contributed by atoms with Crippen LogP contribution in [0.5, 0.6) is 0 Å². The summed E-state index contributed by atoms with van der Waals surface area (Å²) >= 11 is 7.83. The van der Waals surface area contributed by atoms with E-state index in [0.29, 0.717) is 22.6 Å². The summed E-state index contributed by atoms with van der Waals surface area (Å²) < 4.78 is 3.01. The highest BCUT2D eigenvalue weighted by Crippen LogP contribution is 2.33. The number of amides is 1. The van der Waals surface area contributed by atoms with Crippen molar-refractivity contribution in [1.82, 2.24) is 14.1 Å². The van der Waals surface area contributed by atoms with E-state index in [4.69, 9.17) is 11.6 Å². The van der Waals surface area contributed by atoms with Crippen LogP contribution in [0.15, 0.2) is 58.5 Å². The summed E-state index contributed by atoms with van der Waals surface area (Å²) in [6, 6.07) is 10.3. The molecule has 1 N–H and O–H groups in total. The van der Waals surface area contributed by atoms with Crippen molar-refractivity contribution in [1.29, 1.82) is 0 Å². The van der Waals surface area contributed by atoms with Crippen molar-refractivity contribution in [2.24, 2.45) is 0 Å². The zero-order chi connectivity index (χ0) is 23.7. The number of carbonyl (C=O) groups is 1. The summed E-state index contributed by atoms with van der Waals surface area (Å²) in [5.74, 6) is -0.248. The molecular formula is C25H23ClN4O3S. The summed E-state index contributed by atoms with van der Waals surface area (Å²) in [5.41, 5.74) is 2.19. The van der Waals surface area contributed by atoms with Crippen molar-refractivity contribution in [3.05, 3.63) is 90.7 Å². The fraction of sp³-hybridized carbons (Fsp3) is 0.280. The van der Waals surface area contributed by atoms with Crippen LogP contribution < -0.4 is 16.4 Å². The lowest BCUT2D eigenvalue weighted by Crippen LogP contribution is -2.25. The van der Waals surface area contributed by atoms with Crippen LogP contribution in [0, 0.1) is 0 Å². The molecule has 0 spiro atoms. The van der Waals surface area contributed by atoms with Gasteiger partial charge in [0.25, 0.3) is 11.1 Å². The van der Waals surface area contributed by atoms with E-state index in [0.717, 1.165) is 41.6 Å². The van der Waals surface area contributed by atoms with E-state index in [1.54, 1.807) is 29.7 Å². The van der Waals surface area contributed by atoms with Gasteiger partial charge in [-0.05, 0) is 48.9 Å². The van der Waals surface area contributed by atoms with Crippen molar-refractivity contribution in [2.75, 3.05) is 5.32 Å². The summed E-state index contributed by atoms with van der Waals surface area (Å²) in [6.07, 6.45) is 7.42. The van der Waals surface area contributed by atoms with Gasteiger partial charge in [-0.2, -0.15) is 0 Å². The molecule has 0 saturated carbocycles. The predicted molar refractivity (Wildman–Crippen MR) is 135 cm³/mol. The fourth-order valence-electron chi connectivity index (χ4n) is 4.32. The molecule has 0 unspecified atom stereocenters. The number of rotatable bonds is 6. The largest absolute Gasteiger partial charge is 0.325 e. The molecule has 0 atom stereocenters. The number of halogens is 1. The molecule has 3 aromatic heterocycles. The number of fused-ring (bicyclic) bond motifs is 3. The molecule has 9 heteroatoms. The molecule has 174 valence electrons. The van der Waals surface area contributed by atoms with Crippen LogP contribution in [0.1, 0.15) is 35.3 Å². The molecule has 4 aromatic rings. The number of thiophene rings is 1. The number of carbonyl (C=O) groups excluding carboxylic acids is 1. The van der Waals surface area contributed by atoms with Gasteiger partial charge in [-0.3, -0.25) is 19.0 Å². The van der Waals surface area contributed by atoms with E-state index < -0.39 is 0 Å². The molecule has 1 aliphatic rings. The average molecular weight is 495 g/mol. The first-order valence-electron chi connectivity index (χ1n) is 11.2. The van der Waals surface area contributed by atoms with Gasteiger partial charge >= 0.3 is 0 Å². The highest BCUT2D eigenvalue weighted by atomic mass is 35.5. The maximum absolute atomic E-state index is 13.1. The molecule has 0 aliphatic heterocycles. The molecule has 34 heavy (non-hydrogen) atoms. The Morgan fingerprint density at radius 1 is 1.09 bits per heavy atom. The van der Waals surface area contributed by atoms with Crippen molar-refractivity contribution < 1.29 is 4.79 Å². The molecule has 1 aliphatic carbocycles. The molecule has 0 saturated heterocycles. The SMILES string of the molecule is O=C(CCn1cnc2sc3c(c2c1=O)CCCC3)Nc1ccc(=O)n(Cc2ccccc2Cl)c1. The number of aryl methyl sites for hydroxylation is 3. The van der Waals surface area contributed by atoms with Crippen LogP contribution in [-0.4, -0.2) is 20.0 Å². The van der Waals surface area contributed by atoms with Gasteiger partial charge < -0.3 is 9.88 Å². The number of anilines is 1. The van der Waals surface area contributed by atoms with Gasteiger partial charge in [0.05, 0.1) is 23.9 Å². The Hall–Kier alpha value is -3.23. The van der Waals surface area contributed by atoms with Crippen LogP contribution in [-0.2, 0) is 30.7 Å². The lowest BCUT2D eigenvalue weighted by molar-refractivity contribution is -0.116. The average Bonchev–Trinajstić information content (AvgIpc) is 3.21. The second-order valence-electron chi connectivity index (χ2n) is 8.41. The quantitative estimate of drug-likeness (QED) is 0.434. The normalized spacial score (nSPS) is 13.1. The number of aromatic nitrogens is 3. The Kier molecular flexibility index (Phi) is 6.34. The van der Waals surface area contributed by atoms with Crippen LogP contribution in [0.3, 0.4) is 0 Å². The number of hydrogen-bond donors (Lipinski definition) is 1. The third-order valence-electron chi connectivity index (χ3n) is 6.09. The lowest BCUT2D eigenvalue weighted by atomic mass is 9.97. The standard InChI is InChI=1S/C25H23ClN4O3S/c26-19-7-3-1-5-16(19)13-30-14-17(9-10-22(30)32)28-21(31)11-12-29-15-27-24-23(25(29)33)18-6-2-4-8-20(18)34-24/h1,3,5,7,9-10,14-15H,2,4,6,8,11-13H2,(H,28,31). The van der Waals surface area contributed by atoms with E-state index in [-0.39, 0.29) is 30.0 Å². The summed E-state index contributed by atoms with van der Waals surface area (Å²) in [4.78, 5) is 44.5. The highest BCUT2D eigenvalue weighted by Gasteiger charge is 2.20. The number of pyridine rings is 1. The van der Waals surface area contributed by atoms with Gasteiger partial charge in [0.1, 0.15) is 4.83 Å². The summed E-state index contributed by atoms with van der Waals surface area (Å²) in [5, 5.41) is 4.11. The molecule has 5 rings (SSSR count). The Bertz CT molecular complexity index is 1500. The second kappa shape index (κ2) is 9.56. The second-order valence-corrected chi connectivity index (χ2v) is 9.90. The van der Waals surface area contributed by atoms with Crippen LogP contribution >= 0.6 is 22.9 Å². The van der Waals surface area contributed by atoms with Crippen LogP contribution in [0.4, 0.5) is 5.69 Å². The fourth-order valence-corrected chi connectivity index (χ4v) is 5.74. The van der Waals surface area contributed by atoms with Gasteiger partial charge in [0.2, 0.25) is 5.91 Å². The number of hydrogen-bond acceptors (Lipinski definition) is 5. The van der Waals surface area contributed by atoms with Crippen molar-refractivity contribution >= 4 is 44.7 Å². The highest BCUT2D eigenvalue weighted by molar-refractivity contribution is 7.18. The van der Waals surface area contributed by atoms with Crippen molar-refractivity contribution in [3.8, 4) is 0 Å². The maximum Gasteiger partial charge on any atom is 0.262 e. The van der Waals surface area contributed by atoms with Crippen LogP contribution in [0.25, 0.3) is 10.2 Å². The van der Waals surface area contributed by atoms with Gasteiger partial charge in [0, 0.05) is 35.1 Å². The summed E-state index contributed by atoms with van der Waals surface area (Å²) in [7, 11) is 0. The molecule has 1 aromatic carbocycles. The number of benzene rings is 1. The first kappa shape index (κ1) is 22.6. The molecule has 0 radical (unpaired) electrons. The maximum atomic E-state index is 13.1. The Balaban J connectivity index is 1.28. The molecule has 0 fully saturated rings. The number of nitrogens with one attached hydrogen (secondary N) is 1. The van der Waals surface area contributed by atoms with Crippen molar-refractivity contribution in [3.63, 3.8) is 0 Å². The Morgan fingerprint density at radius 3 is 2.76 bits per heavy atom. The van der Waals surface area contributed by atoms with Crippen LogP contribution in [0.2, 0.25) is 5.02 Å². The van der Waals surface area contributed by atoms with E-state index in [1.807, 2.05) is 18.2 Å². The third kappa shape index (κ3) is 4.56. The zero-order valence-corrected chi connectivity index (χ0v) is 20.0. The minimum absolute atomic E-state index is 0.0783. The molecule has 1 amide bonds. The Morgan fingerprint density at radius 2 is 1.91 bits per heavy atom. The van der Waals surface area contributed by atoms with E-state index in [1.165, 1.54) is 26.4 Å². The van der Waals surface area contributed by atoms with Gasteiger partial charge in [-0.25, -0.2) is 4.98 Å². The third-order valence-corrected chi connectivity index (χ3v) is 7.66. The molecular weight excluding hydrogens is 472 g/mol. The molecule has 7 nitrogen and oxygen atoms in total. The van der Waals surface area contributed by atoms with Gasteiger partial charge in [0.15, 0.2) is 0 Å².